The van der Waals surface area contributed by atoms with Crippen LogP contribution < -0.4 is 5.32 Å². The largest absolute Gasteiger partial charge is 0.347 e. The molecule has 0 aliphatic carbocycles. The lowest BCUT2D eigenvalue weighted by atomic mass is 9.91. The van der Waals surface area contributed by atoms with Crippen molar-refractivity contribution >= 4 is 22.8 Å². The third kappa shape index (κ3) is 2.08. The van der Waals surface area contributed by atoms with Crippen molar-refractivity contribution in [3.8, 4) is 0 Å². The molecule has 0 aliphatic heterocycles. The predicted octanol–water partition coefficient (Wildman–Crippen LogP) is 4.51. The molecule has 0 radical (unpaired) electrons. The Balaban J connectivity index is 2.76. The number of hydrogen-bond donors (Lipinski definition) is 2. The van der Waals surface area contributed by atoms with Crippen molar-refractivity contribution in [2.75, 3.05) is 5.32 Å². The summed E-state index contributed by atoms with van der Waals surface area (Å²) in [6.45, 7) is 4.23. The van der Waals surface area contributed by atoms with Crippen LogP contribution in [0.3, 0.4) is 0 Å². The van der Waals surface area contributed by atoms with Gasteiger partial charge < -0.3 is 5.32 Å². The molecule has 0 heterocycles. The molecule has 1 atom stereocenters. The molecule has 2 aromatic rings. The van der Waals surface area contributed by atoms with Gasteiger partial charge in [-0.05, 0) is 41.5 Å². The van der Waals surface area contributed by atoms with E-state index in [0.717, 1.165) is 29.4 Å². The number of halogens is 1. The molecule has 0 spiro atoms. The minimum Gasteiger partial charge on any atom is -0.347 e. The zero-order chi connectivity index (χ0) is 13.1. The molecule has 0 bridgehead atoms. The molecule has 2 aromatic carbocycles. The number of benzene rings is 2. The van der Waals surface area contributed by atoms with Crippen molar-refractivity contribution in [2.45, 2.75) is 26.2 Å². The maximum atomic E-state index is 13.8. The lowest BCUT2D eigenvalue weighted by molar-refractivity contribution is 0.639. The van der Waals surface area contributed by atoms with Crippen LogP contribution in [0.2, 0.25) is 0 Å². The van der Waals surface area contributed by atoms with Gasteiger partial charge in [0.05, 0.1) is 6.34 Å². The van der Waals surface area contributed by atoms with Gasteiger partial charge in [-0.3, -0.25) is 5.41 Å². The highest BCUT2D eigenvalue weighted by Crippen LogP contribution is 2.34. The summed E-state index contributed by atoms with van der Waals surface area (Å²) in [6.07, 6.45) is 2.13. The average Bonchev–Trinajstić information content (AvgIpc) is 2.38. The van der Waals surface area contributed by atoms with E-state index in [9.17, 15) is 4.39 Å². The predicted molar refractivity (Wildman–Crippen MR) is 75.0 cm³/mol. The van der Waals surface area contributed by atoms with E-state index in [0.29, 0.717) is 11.3 Å². The summed E-state index contributed by atoms with van der Waals surface area (Å²) in [6, 6.07) is 8.76. The Bertz CT molecular complexity index is 578. The van der Waals surface area contributed by atoms with Gasteiger partial charge in [-0.15, -0.1) is 0 Å². The summed E-state index contributed by atoms with van der Waals surface area (Å²) in [5, 5.41) is 11.7. The molecule has 94 valence electrons. The first kappa shape index (κ1) is 12.6. The lowest BCUT2D eigenvalue weighted by Gasteiger charge is -2.18. The summed E-state index contributed by atoms with van der Waals surface area (Å²) >= 11 is 0. The van der Waals surface area contributed by atoms with Crippen molar-refractivity contribution in [3.63, 3.8) is 0 Å². The van der Waals surface area contributed by atoms with E-state index >= 15 is 0 Å². The van der Waals surface area contributed by atoms with Crippen LogP contribution >= 0.6 is 0 Å². The molecule has 3 heteroatoms. The van der Waals surface area contributed by atoms with Gasteiger partial charge in [0.25, 0.3) is 0 Å². The normalized spacial score (nSPS) is 12.4. The van der Waals surface area contributed by atoms with Crippen molar-refractivity contribution in [1.82, 2.24) is 0 Å². The SMILES string of the molecule is CCC(C)c1c(NC=N)ccc2c(F)cccc12. The molecule has 0 saturated heterocycles. The maximum Gasteiger partial charge on any atom is 0.131 e. The molecule has 0 saturated carbocycles. The van der Waals surface area contributed by atoms with Crippen LogP contribution in [0.4, 0.5) is 10.1 Å². The number of anilines is 1. The minimum atomic E-state index is -0.196. The van der Waals surface area contributed by atoms with Gasteiger partial charge in [-0.25, -0.2) is 4.39 Å². The Morgan fingerprint density at radius 3 is 2.72 bits per heavy atom. The van der Waals surface area contributed by atoms with Crippen molar-refractivity contribution in [1.29, 1.82) is 5.41 Å². The Kier molecular flexibility index (Phi) is 3.60. The third-order valence-electron chi connectivity index (χ3n) is 3.38. The van der Waals surface area contributed by atoms with E-state index in [1.165, 1.54) is 6.07 Å². The van der Waals surface area contributed by atoms with E-state index in [2.05, 4.69) is 19.2 Å². The summed E-state index contributed by atoms with van der Waals surface area (Å²) in [4.78, 5) is 0. The van der Waals surface area contributed by atoms with Crippen LogP contribution in [-0.2, 0) is 0 Å². The molecular weight excluding hydrogens is 227 g/mol. The number of hydrogen-bond acceptors (Lipinski definition) is 1. The second-order valence-corrected chi connectivity index (χ2v) is 4.46. The van der Waals surface area contributed by atoms with Gasteiger partial charge in [0, 0.05) is 11.1 Å². The molecule has 2 rings (SSSR count). The number of nitrogens with one attached hydrogen (secondary N) is 2. The maximum absolute atomic E-state index is 13.8. The number of fused-ring (bicyclic) bond motifs is 1. The smallest absolute Gasteiger partial charge is 0.131 e. The van der Waals surface area contributed by atoms with Gasteiger partial charge in [0.15, 0.2) is 0 Å². The second kappa shape index (κ2) is 5.17. The topological polar surface area (TPSA) is 35.9 Å². The van der Waals surface area contributed by atoms with E-state index in [1.54, 1.807) is 12.1 Å². The van der Waals surface area contributed by atoms with Crippen LogP contribution in [-0.4, -0.2) is 6.34 Å². The summed E-state index contributed by atoms with van der Waals surface area (Å²) in [5.74, 6) is 0.122. The molecule has 18 heavy (non-hydrogen) atoms. The van der Waals surface area contributed by atoms with E-state index in [4.69, 9.17) is 5.41 Å². The van der Waals surface area contributed by atoms with Gasteiger partial charge >= 0.3 is 0 Å². The molecule has 1 unspecified atom stereocenters. The van der Waals surface area contributed by atoms with Gasteiger partial charge in [-0.1, -0.05) is 26.0 Å². The zero-order valence-electron chi connectivity index (χ0n) is 10.6. The minimum absolute atomic E-state index is 0.196. The molecule has 0 aliphatic rings. The highest BCUT2D eigenvalue weighted by molar-refractivity contribution is 5.93. The zero-order valence-corrected chi connectivity index (χ0v) is 10.6. The number of rotatable bonds is 4. The van der Waals surface area contributed by atoms with Crippen LogP contribution in [0.15, 0.2) is 30.3 Å². The van der Waals surface area contributed by atoms with Crippen LogP contribution in [0, 0.1) is 11.2 Å². The third-order valence-corrected chi connectivity index (χ3v) is 3.38. The van der Waals surface area contributed by atoms with Crippen LogP contribution in [0.25, 0.3) is 10.8 Å². The van der Waals surface area contributed by atoms with Gasteiger partial charge in [-0.2, -0.15) is 0 Å². The average molecular weight is 244 g/mol. The molecular formula is C15H17FN2. The van der Waals surface area contributed by atoms with Gasteiger partial charge in [0.2, 0.25) is 0 Å². The highest BCUT2D eigenvalue weighted by Gasteiger charge is 2.14. The van der Waals surface area contributed by atoms with E-state index in [-0.39, 0.29) is 5.82 Å². The Morgan fingerprint density at radius 2 is 2.06 bits per heavy atom. The second-order valence-electron chi connectivity index (χ2n) is 4.46. The lowest BCUT2D eigenvalue weighted by Crippen LogP contribution is -2.03. The first-order chi connectivity index (χ1) is 8.69. The van der Waals surface area contributed by atoms with E-state index in [1.807, 2.05) is 12.1 Å². The molecule has 2 nitrogen and oxygen atoms in total. The fourth-order valence-electron chi connectivity index (χ4n) is 2.28. The first-order valence-electron chi connectivity index (χ1n) is 6.15. The van der Waals surface area contributed by atoms with Crippen LogP contribution in [0.1, 0.15) is 31.7 Å². The highest BCUT2D eigenvalue weighted by atomic mass is 19.1. The molecule has 0 aromatic heterocycles. The van der Waals surface area contributed by atoms with Gasteiger partial charge in [0.1, 0.15) is 5.82 Å². The fraction of sp³-hybridized carbons (Fsp3) is 0.267. The molecule has 2 N–H and O–H groups in total. The first-order valence-corrected chi connectivity index (χ1v) is 6.15. The molecule has 0 fully saturated rings. The fourth-order valence-corrected chi connectivity index (χ4v) is 2.28. The van der Waals surface area contributed by atoms with Crippen molar-refractivity contribution in [3.05, 3.63) is 41.7 Å². The monoisotopic (exact) mass is 244 g/mol. The summed E-state index contributed by atoms with van der Waals surface area (Å²) in [5.41, 5.74) is 1.97. The van der Waals surface area contributed by atoms with Crippen molar-refractivity contribution < 1.29 is 4.39 Å². The quantitative estimate of drug-likeness (QED) is 0.602. The Morgan fingerprint density at radius 1 is 1.28 bits per heavy atom. The van der Waals surface area contributed by atoms with Crippen molar-refractivity contribution in [2.24, 2.45) is 0 Å². The summed E-state index contributed by atoms with van der Waals surface area (Å²) < 4.78 is 13.8. The summed E-state index contributed by atoms with van der Waals surface area (Å²) in [7, 11) is 0. The Labute approximate surface area is 106 Å². The Hall–Kier alpha value is -1.90. The van der Waals surface area contributed by atoms with E-state index < -0.39 is 0 Å². The van der Waals surface area contributed by atoms with Crippen LogP contribution in [0.5, 0.6) is 0 Å². The molecule has 0 amide bonds. The standard InChI is InChI=1S/C15H17FN2/c1-3-10(2)15-12-5-4-6-13(16)11(12)7-8-14(15)18-9-17/h4-10H,3H2,1-2H3,(H2,17,18).